The van der Waals surface area contributed by atoms with Crippen molar-refractivity contribution in [3.8, 4) is 33.6 Å². The fourth-order valence-electron chi connectivity index (χ4n) is 3.74. The van der Waals surface area contributed by atoms with Gasteiger partial charge < -0.3 is 20.9 Å². The van der Waals surface area contributed by atoms with Crippen molar-refractivity contribution in [3.63, 3.8) is 0 Å². The monoisotopic (exact) mass is 478 g/mol. The third-order valence-electron chi connectivity index (χ3n) is 5.40. The van der Waals surface area contributed by atoms with Crippen molar-refractivity contribution in [3.05, 3.63) is 103 Å². The highest BCUT2D eigenvalue weighted by Gasteiger charge is 2.14. The number of para-hydroxylation sites is 1. The van der Waals surface area contributed by atoms with Crippen LogP contribution in [0.4, 0.5) is 11.5 Å². The number of thiocarbonyl (C=S) groups is 1. The minimum Gasteiger partial charge on any atom is -0.359 e. The summed E-state index contributed by atoms with van der Waals surface area (Å²) in [7, 11) is 0. The lowest BCUT2D eigenvalue weighted by atomic mass is 9.96. The highest BCUT2D eigenvalue weighted by Crippen LogP contribution is 2.36. The van der Waals surface area contributed by atoms with E-state index in [1.54, 1.807) is 0 Å². The molecule has 0 bridgehead atoms. The van der Waals surface area contributed by atoms with Crippen LogP contribution in [0, 0.1) is 0 Å². The Hall–Kier alpha value is -4.40. The first-order valence-corrected chi connectivity index (χ1v) is 11.4. The van der Waals surface area contributed by atoms with Crippen LogP contribution in [0.2, 0.25) is 0 Å². The normalized spacial score (nSPS) is 10.7. The van der Waals surface area contributed by atoms with Crippen molar-refractivity contribution in [1.29, 1.82) is 0 Å². The van der Waals surface area contributed by atoms with E-state index in [0.717, 1.165) is 39.3 Å². The number of nitrogens with zero attached hydrogens (tertiary/aromatic N) is 3. The van der Waals surface area contributed by atoms with Gasteiger partial charge in [0.05, 0.1) is 12.2 Å². The van der Waals surface area contributed by atoms with Crippen molar-refractivity contribution in [2.24, 2.45) is 5.73 Å². The summed E-state index contributed by atoms with van der Waals surface area (Å²) in [4.78, 5) is 0. The molecule has 4 N–H and O–H groups in total. The summed E-state index contributed by atoms with van der Waals surface area (Å²) >= 11 is 5.57. The van der Waals surface area contributed by atoms with Crippen LogP contribution in [0.15, 0.2) is 102 Å². The Morgan fingerprint density at radius 1 is 0.743 bits per heavy atom. The number of nitrogens with two attached hydrogens (primary N) is 1. The zero-order valence-corrected chi connectivity index (χ0v) is 19.5. The number of benzene rings is 3. The van der Waals surface area contributed by atoms with Crippen LogP contribution in [0.3, 0.4) is 0 Å². The van der Waals surface area contributed by atoms with Crippen LogP contribution < -0.4 is 16.4 Å². The van der Waals surface area contributed by atoms with Gasteiger partial charge in [-0.2, -0.15) is 0 Å². The Morgan fingerprint density at radius 3 is 2.17 bits per heavy atom. The maximum Gasteiger partial charge on any atom is 0.176 e. The molecule has 0 saturated carbocycles. The second-order valence-corrected chi connectivity index (χ2v) is 8.13. The molecule has 0 aliphatic carbocycles. The standard InChI is InChI=1S/C27H22N6OS/c28-17-19-16-25(33-34-19)22-12-5-4-10-20(22)21-11-6-7-13-24(21)29-27(35)30-26-15-14-23(31-32-26)18-8-2-1-3-9-18/h1-16H,17,28H2,(H2,29,30,32,35). The molecule has 0 radical (unpaired) electrons. The van der Waals surface area contributed by atoms with E-state index in [1.807, 2.05) is 97.1 Å². The number of anilines is 2. The largest absolute Gasteiger partial charge is 0.359 e. The Kier molecular flexibility index (Phi) is 6.56. The summed E-state index contributed by atoms with van der Waals surface area (Å²) in [6.07, 6.45) is 0. The lowest BCUT2D eigenvalue weighted by molar-refractivity contribution is 0.387. The van der Waals surface area contributed by atoms with Gasteiger partial charge >= 0.3 is 0 Å². The molecule has 0 saturated heterocycles. The fourth-order valence-corrected chi connectivity index (χ4v) is 3.95. The molecule has 7 nitrogen and oxygen atoms in total. The molecule has 5 rings (SSSR count). The Balaban J connectivity index is 1.36. The smallest absolute Gasteiger partial charge is 0.176 e. The van der Waals surface area contributed by atoms with Gasteiger partial charge in [0.2, 0.25) is 0 Å². The predicted molar refractivity (Wildman–Crippen MR) is 143 cm³/mol. The van der Waals surface area contributed by atoms with Crippen LogP contribution >= 0.6 is 12.2 Å². The molecule has 8 heteroatoms. The quantitative estimate of drug-likeness (QED) is 0.266. The highest BCUT2D eigenvalue weighted by atomic mass is 32.1. The molecule has 0 amide bonds. The summed E-state index contributed by atoms with van der Waals surface area (Å²) in [5.41, 5.74) is 12.0. The zero-order chi connectivity index (χ0) is 24.0. The van der Waals surface area contributed by atoms with E-state index < -0.39 is 0 Å². The Labute approximate surface area is 208 Å². The van der Waals surface area contributed by atoms with Gasteiger partial charge in [-0.1, -0.05) is 78.0 Å². The minimum absolute atomic E-state index is 0.294. The van der Waals surface area contributed by atoms with Gasteiger partial charge in [0, 0.05) is 28.4 Å². The first-order chi connectivity index (χ1) is 17.2. The number of rotatable bonds is 6. The third-order valence-corrected chi connectivity index (χ3v) is 5.61. The molecule has 172 valence electrons. The van der Waals surface area contributed by atoms with E-state index in [1.165, 1.54) is 0 Å². The van der Waals surface area contributed by atoms with Crippen LogP contribution in [0.1, 0.15) is 5.76 Å². The summed E-state index contributed by atoms with van der Waals surface area (Å²) in [5.74, 6) is 1.18. The minimum atomic E-state index is 0.294. The van der Waals surface area contributed by atoms with E-state index in [9.17, 15) is 0 Å². The number of hydrogen-bond acceptors (Lipinski definition) is 6. The first-order valence-electron chi connectivity index (χ1n) is 11.0. The van der Waals surface area contributed by atoms with Crippen molar-refractivity contribution < 1.29 is 4.52 Å². The van der Waals surface area contributed by atoms with Gasteiger partial charge in [0.15, 0.2) is 16.7 Å². The molecule has 0 fully saturated rings. The van der Waals surface area contributed by atoms with Crippen LogP contribution in [0.5, 0.6) is 0 Å². The van der Waals surface area contributed by atoms with Gasteiger partial charge in [0.1, 0.15) is 5.69 Å². The van der Waals surface area contributed by atoms with E-state index in [4.69, 9.17) is 22.5 Å². The van der Waals surface area contributed by atoms with Crippen molar-refractivity contribution in [1.82, 2.24) is 15.4 Å². The number of hydrogen-bond donors (Lipinski definition) is 3. The van der Waals surface area contributed by atoms with Crippen LogP contribution in [0.25, 0.3) is 33.6 Å². The molecule has 2 heterocycles. The molecule has 0 unspecified atom stereocenters. The van der Waals surface area contributed by atoms with Crippen molar-refractivity contribution >= 4 is 28.8 Å². The second kappa shape index (κ2) is 10.3. The summed E-state index contributed by atoms with van der Waals surface area (Å²) in [6.45, 7) is 0.294. The van der Waals surface area contributed by atoms with Crippen molar-refractivity contribution in [2.75, 3.05) is 10.6 Å². The zero-order valence-electron chi connectivity index (χ0n) is 18.7. The van der Waals surface area contributed by atoms with Gasteiger partial charge in [-0.3, -0.25) is 0 Å². The Bertz CT molecular complexity index is 1450. The van der Waals surface area contributed by atoms with Crippen LogP contribution in [-0.2, 0) is 6.54 Å². The van der Waals surface area contributed by atoms with Crippen molar-refractivity contribution in [2.45, 2.75) is 6.54 Å². The van der Waals surface area contributed by atoms with E-state index in [2.05, 4.69) is 26.0 Å². The molecule has 0 spiro atoms. The topological polar surface area (TPSA) is 102 Å². The molecule has 2 aromatic heterocycles. The molecule has 0 aliphatic heterocycles. The Morgan fingerprint density at radius 2 is 1.46 bits per heavy atom. The van der Waals surface area contributed by atoms with Crippen LogP contribution in [-0.4, -0.2) is 20.5 Å². The molecule has 0 atom stereocenters. The lowest BCUT2D eigenvalue weighted by Gasteiger charge is -2.15. The molecule has 35 heavy (non-hydrogen) atoms. The lowest BCUT2D eigenvalue weighted by Crippen LogP contribution is -2.20. The SMILES string of the molecule is NCc1cc(-c2ccccc2-c2ccccc2NC(=S)Nc2ccc(-c3ccccc3)nn2)no1. The third kappa shape index (κ3) is 5.08. The van der Waals surface area contributed by atoms with E-state index in [-0.39, 0.29) is 0 Å². The maximum atomic E-state index is 5.70. The summed E-state index contributed by atoms with van der Waals surface area (Å²) < 4.78 is 5.32. The average molecular weight is 479 g/mol. The summed E-state index contributed by atoms with van der Waals surface area (Å²) in [5, 5.41) is 19.6. The number of aromatic nitrogens is 3. The van der Waals surface area contributed by atoms with E-state index in [0.29, 0.717) is 23.2 Å². The van der Waals surface area contributed by atoms with E-state index >= 15 is 0 Å². The predicted octanol–water partition coefficient (Wildman–Crippen LogP) is 5.73. The molecule has 0 aliphatic rings. The van der Waals surface area contributed by atoms with Gasteiger partial charge in [-0.15, -0.1) is 10.2 Å². The second-order valence-electron chi connectivity index (χ2n) is 7.72. The van der Waals surface area contributed by atoms with Gasteiger partial charge in [0.25, 0.3) is 0 Å². The molecular weight excluding hydrogens is 456 g/mol. The highest BCUT2D eigenvalue weighted by molar-refractivity contribution is 7.80. The van der Waals surface area contributed by atoms with Gasteiger partial charge in [-0.05, 0) is 36.0 Å². The molecule has 3 aromatic carbocycles. The maximum absolute atomic E-state index is 5.70. The summed E-state index contributed by atoms with van der Waals surface area (Å²) in [6, 6.07) is 31.4. The number of nitrogens with one attached hydrogen (secondary N) is 2. The van der Waals surface area contributed by atoms with Gasteiger partial charge in [-0.25, -0.2) is 0 Å². The molecule has 5 aromatic rings. The fraction of sp³-hybridized carbons (Fsp3) is 0.0370. The first kappa shape index (κ1) is 22.4. The molecular formula is C27H22N6OS. The average Bonchev–Trinajstić information content (AvgIpc) is 3.39.